The summed E-state index contributed by atoms with van der Waals surface area (Å²) in [6, 6.07) is 6.00. The molecule has 3 aromatic heterocycles. The maximum atomic E-state index is 13.3. The molecule has 0 radical (unpaired) electrons. The molecule has 0 unspecified atom stereocenters. The van der Waals surface area contributed by atoms with E-state index in [0.29, 0.717) is 34.6 Å². The molecular formula is C36H36N4O6. The van der Waals surface area contributed by atoms with E-state index in [1.165, 1.54) is 6.92 Å². The van der Waals surface area contributed by atoms with Gasteiger partial charge in [0.05, 0.1) is 29.1 Å². The van der Waals surface area contributed by atoms with Gasteiger partial charge in [0, 0.05) is 64.1 Å². The van der Waals surface area contributed by atoms with Crippen LogP contribution in [0.15, 0.2) is 24.8 Å². The van der Waals surface area contributed by atoms with Gasteiger partial charge < -0.3 is 19.4 Å². The first-order chi connectivity index (χ1) is 21.9. The fraction of sp³-hybridized carbons (Fsp3) is 0.333. The molecule has 0 saturated heterocycles. The number of aromatic amines is 2. The summed E-state index contributed by atoms with van der Waals surface area (Å²) in [5.41, 5.74) is 11.3. The quantitative estimate of drug-likeness (QED) is 0.245. The molecule has 8 bridgehead atoms. The summed E-state index contributed by atoms with van der Waals surface area (Å²) >= 11 is 0. The van der Waals surface area contributed by atoms with Gasteiger partial charge in [0.25, 0.3) is 0 Å². The molecule has 2 N–H and O–H groups in total. The van der Waals surface area contributed by atoms with Crippen molar-refractivity contribution in [3.05, 3.63) is 75.4 Å². The van der Waals surface area contributed by atoms with Gasteiger partial charge in [0.1, 0.15) is 0 Å². The van der Waals surface area contributed by atoms with Crippen molar-refractivity contribution in [2.45, 2.75) is 79.1 Å². The number of fused-ring (bicyclic) bond motifs is 8. The van der Waals surface area contributed by atoms with Crippen LogP contribution in [-0.4, -0.2) is 43.8 Å². The first-order valence-corrected chi connectivity index (χ1v) is 15.5. The Kier molecular flexibility index (Phi) is 7.83. The van der Waals surface area contributed by atoms with Crippen molar-refractivity contribution in [2.75, 3.05) is 0 Å². The zero-order valence-electron chi connectivity index (χ0n) is 26.8. The maximum absolute atomic E-state index is 13.3. The fourth-order valence-corrected chi connectivity index (χ4v) is 6.90. The lowest BCUT2D eigenvalue weighted by Gasteiger charge is -2.17. The molecule has 0 fully saturated rings. The Bertz CT molecular complexity index is 2080. The zero-order valence-corrected chi connectivity index (χ0v) is 26.8. The minimum absolute atomic E-state index is 0.0355. The van der Waals surface area contributed by atoms with E-state index in [1.54, 1.807) is 6.92 Å². The Morgan fingerprint density at radius 2 is 1.76 bits per heavy atom. The second-order valence-electron chi connectivity index (χ2n) is 12.1. The number of aryl methyl sites for hydroxylation is 3. The number of cyclic esters (lactones) is 2. The summed E-state index contributed by atoms with van der Waals surface area (Å²) in [5, 5.41) is 0. The molecular weight excluding hydrogens is 584 g/mol. The third-order valence-corrected chi connectivity index (χ3v) is 9.38. The highest BCUT2D eigenvalue weighted by Gasteiger charge is 2.38. The lowest BCUT2D eigenvalue weighted by atomic mass is 9.84. The highest BCUT2D eigenvalue weighted by molar-refractivity contribution is 6.28. The van der Waals surface area contributed by atoms with Crippen LogP contribution < -0.4 is 0 Å². The van der Waals surface area contributed by atoms with Gasteiger partial charge in [-0.1, -0.05) is 26.5 Å². The van der Waals surface area contributed by atoms with E-state index in [9.17, 15) is 19.2 Å². The van der Waals surface area contributed by atoms with E-state index >= 15 is 0 Å². The lowest BCUT2D eigenvalue weighted by molar-refractivity contribution is -0.159. The summed E-state index contributed by atoms with van der Waals surface area (Å²) < 4.78 is 10.1. The molecule has 0 spiro atoms. The molecule has 0 saturated carbocycles. The van der Waals surface area contributed by atoms with Crippen molar-refractivity contribution >= 4 is 63.2 Å². The summed E-state index contributed by atoms with van der Waals surface area (Å²) in [7, 11) is 0. The second-order valence-corrected chi connectivity index (χ2v) is 12.1. The summed E-state index contributed by atoms with van der Waals surface area (Å²) in [6.07, 6.45) is 2.66. The topological polar surface area (TPSA) is 144 Å². The minimum atomic E-state index is -0.750. The number of aromatic nitrogens is 4. The predicted molar refractivity (Wildman–Crippen MR) is 174 cm³/mol. The number of carbonyl (C=O) groups is 4. The van der Waals surface area contributed by atoms with Crippen molar-refractivity contribution in [3.63, 3.8) is 0 Å². The van der Waals surface area contributed by atoms with Crippen molar-refractivity contribution in [1.29, 1.82) is 0 Å². The van der Waals surface area contributed by atoms with Gasteiger partial charge in [0.2, 0.25) is 0 Å². The maximum Gasteiger partial charge on any atom is 0.348 e. The van der Waals surface area contributed by atoms with Crippen LogP contribution >= 0.6 is 0 Å². The molecule has 0 aromatic carbocycles. The van der Waals surface area contributed by atoms with Crippen LogP contribution in [0.1, 0.15) is 103 Å². The van der Waals surface area contributed by atoms with Crippen LogP contribution in [0, 0.1) is 13.8 Å². The van der Waals surface area contributed by atoms with E-state index in [1.807, 2.05) is 32.1 Å². The van der Waals surface area contributed by atoms with Crippen molar-refractivity contribution in [1.82, 2.24) is 19.9 Å². The predicted octanol–water partition coefficient (Wildman–Crippen LogP) is 6.45. The second kappa shape index (κ2) is 11.7. The third-order valence-electron chi connectivity index (χ3n) is 9.38. The van der Waals surface area contributed by atoms with Gasteiger partial charge in [-0.3, -0.25) is 19.4 Å². The summed E-state index contributed by atoms with van der Waals surface area (Å²) in [6.45, 7) is 15.3. The SMILES string of the molecule is C=Cc1c(C)c2cc3nc(c4c5nc(cc6[nH]c(cc1[nH]2)c(C)c6CC)C(C)=C5C(=O)OC(=O)C4)[C@@H](CCC(=O)OC(C)=O)[C@@H]3C. The molecule has 3 aliphatic heterocycles. The standard InChI is InChI=1S/C36H36N4O6/c1-8-21-16(3)25-13-27-18(5)23(10-11-31(42)45-20(7)41)34(39-27)24-12-32(43)46-36(44)33-19(6)28(40-35(24)33)15-30-22(9-2)17(4)26(38-30)14-29(21)37-25/h8,13-15,18,23,37-38H,1,9-12H2,2-7H3/t18-,23-/m0/s1. The van der Waals surface area contributed by atoms with Gasteiger partial charge in [0.15, 0.2) is 0 Å². The highest BCUT2D eigenvalue weighted by atomic mass is 16.6. The molecule has 0 aliphatic carbocycles. The van der Waals surface area contributed by atoms with Crippen LogP contribution in [0.4, 0.5) is 0 Å². The van der Waals surface area contributed by atoms with Crippen molar-refractivity contribution in [2.24, 2.45) is 0 Å². The lowest BCUT2D eigenvalue weighted by Crippen LogP contribution is -2.14. The smallest absolute Gasteiger partial charge is 0.348 e. The molecule has 3 aromatic rings. The van der Waals surface area contributed by atoms with Crippen LogP contribution in [0.25, 0.3) is 39.3 Å². The Hall–Kier alpha value is -5.12. The van der Waals surface area contributed by atoms with E-state index in [-0.39, 0.29) is 30.3 Å². The zero-order chi connectivity index (χ0) is 33.0. The van der Waals surface area contributed by atoms with Gasteiger partial charge in [-0.2, -0.15) is 0 Å². The monoisotopic (exact) mass is 620 g/mol. The third kappa shape index (κ3) is 5.17. The number of hydrogen-bond donors (Lipinski definition) is 2. The molecule has 2 atom stereocenters. The number of allylic oxidation sites excluding steroid dienone is 1. The van der Waals surface area contributed by atoms with Crippen LogP contribution in [0.2, 0.25) is 0 Å². The average Bonchev–Trinajstić information content (AvgIpc) is 3.64. The normalized spacial score (nSPS) is 17.5. The van der Waals surface area contributed by atoms with Crippen molar-refractivity contribution in [3.8, 4) is 0 Å². The van der Waals surface area contributed by atoms with E-state index in [2.05, 4.69) is 36.5 Å². The van der Waals surface area contributed by atoms with Crippen LogP contribution in [0.5, 0.6) is 0 Å². The Morgan fingerprint density at radius 1 is 1.04 bits per heavy atom. The van der Waals surface area contributed by atoms with Crippen LogP contribution in [-0.2, 0) is 41.5 Å². The molecule has 236 valence electrons. The van der Waals surface area contributed by atoms with Crippen LogP contribution in [0.3, 0.4) is 0 Å². The number of hydrogen-bond acceptors (Lipinski definition) is 8. The summed E-state index contributed by atoms with van der Waals surface area (Å²) in [4.78, 5) is 67.4. The van der Waals surface area contributed by atoms with Gasteiger partial charge in [-0.15, -0.1) is 0 Å². The number of nitrogens with one attached hydrogen (secondary N) is 2. The number of esters is 4. The number of ether oxygens (including phenoxy) is 2. The van der Waals surface area contributed by atoms with Crippen molar-refractivity contribution < 1.29 is 28.7 Å². The number of H-pyrrole nitrogens is 2. The van der Waals surface area contributed by atoms with E-state index < -0.39 is 23.9 Å². The fourth-order valence-electron chi connectivity index (χ4n) is 6.90. The largest absolute Gasteiger partial charge is 0.393 e. The van der Waals surface area contributed by atoms with Gasteiger partial charge in [-0.25, -0.2) is 9.78 Å². The molecule has 46 heavy (non-hydrogen) atoms. The number of carbonyl (C=O) groups excluding carboxylic acids is 4. The average molecular weight is 621 g/mol. The Balaban J connectivity index is 1.74. The molecule has 6 rings (SSSR count). The van der Waals surface area contributed by atoms with Gasteiger partial charge in [-0.05, 0) is 74.1 Å². The minimum Gasteiger partial charge on any atom is -0.393 e. The molecule has 0 amide bonds. The van der Waals surface area contributed by atoms with E-state index in [4.69, 9.17) is 19.4 Å². The molecule has 10 heteroatoms. The highest BCUT2D eigenvalue weighted by Crippen LogP contribution is 2.44. The molecule has 10 nitrogen and oxygen atoms in total. The number of nitrogens with zero attached hydrogens (tertiary/aromatic N) is 2. The first-order valence-electron chi connectivity index (χ1n) is 15.5. The number of rotatable bonds is 5. The summed E-state index contributed by atoms with van der Waals surface area (Å²) in [5.74, 6) is -3.29. The first kappa shape index (κ1) is 30.9. The Morgan fingerprint density at radius 3 is 2.46 bits per heavy atom. The molecule has 3 aliphatic rings. The molecule has 6 heterocycles. The Labute approximate surface area is 266 Å². The van der Waals surface area contributed by atoms with E-state index in [0.717, 1.165) is 56.4 Å². The van der Waals surface area contributed by atoms with Gasteiger partial charge >= 0.3 is 23.9 Å².